The largest absolute Gasteiger partial charge is 0.299 e. The van der Waals surface area contributed by atoms with Gasteiger partial charge in [-0.25, -0.2) is 4.68 Å². The Morgan fingerprint density at radius 3 is 2.50 bits per heavy atom. The molecule has 2 rings (SSSR count). The molecule has 84 valence electrons. The van der Waals surface area contributed by atoms with Crippen molar-refractivity contribution in [2.24, 2.45) is 0 Å². The Morgan fingerprint density at radius 1 is 1.38 bits per heavy atom. The molecule has 0 atom stereocenters. The third kappa shape index (κ3) is 2.23. The van der Waals surface area contributed by atoms with Crippen LogP contribution in [0.4, 0.5) is 0 Å². The Labute approximate surface area is 106 Å². The van der Waals surface area contributed by atoms with Gasteiger partial charge in [0, 0.05) is 10.7 Å². The van der Waals surface area contributed by atoms with E-state index in [1.807, 2.05) is 31.2 Å². The van der Waals surface area contributed by atoms with E-state index in [1.165, 1.54) is 0 Å². The van der Waals surface area contributed by atoms with E-state index in [4.69, 9.17) is 11.6 Å². The summed E-state index contributed by atoms with van der Waals surface area (Å²) in [5, 5.41) is 3.69. The number of H-pyrrole nitrogens is 1. The van der Waals surface area contributed by atoms with E-state index in [-0.39, 0.29) is 5.56 Å². The van der Waals surface area contributed by atoms with Crippen LogP contribution in [-0.2, 0) is 6.54 Å². The van der Waals surface area contributed by atoms with Crippen molar-refractivity contribution < 1.29 is 0 Å². The Bertz CT molecular complexity index is 556. The fraction of sp³-hybridized carbons (Fsp3) is 0.182. The van der Waals surface area contributed by atoms with Crippen LogP contribution in [-0.4, -0.2) is 9.78 Å². The van der Waals surface area contributed by atoms with Crippen molar-refractivity contribution in [1.82, 2.24) is 9.78 Å². The summed E-state index contributed by atoms with van der Waals surface area (Å²) in [7, 11) is 0. The molecule has 1 heterocycles. The molecule has 1 N–H and O–H groups in total. The predicted octanol–water partition coefficient (Wildman–Crippen LogP) is 2.95. The van der Waals surface area contributed by atoms with Crippen LogP contribution >= 0.6 is 27.5 Å². The van der Waals surface area contributed by atoms with Gasteiger partial charge in [-0.1, -0.05) is 23.7 Å². The van der Waals surface area contributed by atoms with Crippen LogP contribution < -0.4 is 5.56 Å². The molecular weight excluding hydrogens is 291 g/mol. The van der Waals surface area contributed by atoms with E-state index in [2.05, 4.69) is 21.0 Å². The lowest BCUT2D eigenvalue weighted by atomic mass is 10.2. The van der Waals surface area contributed by atoms with Crippen molar-refractivity contribution in [1.29, 1.82) is 0 Å². The van der Waals surface area contributed by atoms with Crippen molar-refractivity contribution in [3.63, 3.8) is 0 Å². The highest BCUT2D eigenvalue weighted by Crippen LogP contribution is 2.11. The number of nitrogens with zero attached hydrogens (tertiary/aromatic N) is 1. The number of aromatic nitrogens is 2. The maximum absolute atomic E-state index is 11.7. The van der Waals surface area contributed by atoms with Gasteiger partial charge >= 0.3 is 0 Å². The number of aromatic amines is 1. The van der Waals surface area contributed by atoms with Crippen LogP contribution in [0.3, 0.4) is 0 Å². The minimum atomic E-state index is -0.0487. The van der Waals surface area contributed by atoms with Gasteiger partial charge in [-0.05, 0) is 40.5 Å². The second-order valence-corrected chi connectivity index (χ2v) is 4.80. The van der Waals surface area contributed by atoms with Crippen molar-refractivity contribution in [2.45, 2.75) is 13.5 Å². The van der Waals surface area contributed by atoms with Gasteiger partial charge in [0.15, 0.2) is 0 Å². The third-order valence-electron chi connectivity index (χ3n) is 2.32. The normalized spacial score (nSPS) is 10.7. The predicted molar refractivity (Wildman–Crippen MR) is 68.0 cm³/mol. The van der Waals surface area contributed by atoms with Crippen LogP contribution in [0.15, 0.2) is 33.5 Å². The molecule has 5 heteroatoms. The highest BCUT2D eigenvalue weighted by atomic mass is 79.9. The molecule has 3 nitrogen and oxygen atoms in total. The molecule has 0 aliphatic carbocycles. The second kappa shape index (κ2) is 4.47. The number of hydrogen-bond donors (Lipinski definition) is 1. The first-order valence-corrected chi connectivity index (χ1v) is 5.94. The smallest absolute Gasteiger partial charge is 0.281 e. The summed E-state index contributed by atoms with van der Waals surface area (Å²) < 4.78 is 2.14. The SMILES string of the molecule is Cc1[nH]n(Cc2ccc(Cl)cc2)c(=O)c1Br. The minimum absolute atomic E-state index is 0.0487. The Kier molecular flexibility index (Phi) is 3.21. The van der Waals surface area contributed by atoms with Gasteiger partial charge in [-0.15, -0.1) is 0 Å². The first-order chi connectivity index (χ1) is 7.58. The van der Waals surface area contributed by atoms with Crippen LogP contribution in [0, 0.1) is 6.92 Å². The summed E-state index contributed by atoms with van der Waals surface area (Å²) in [6, 6.07) is 7.43. The average Bonchev–Trinajstić information content (AvgIpc) is 2.50. The van der Waals surface area contributed by atoms with Crippen molar-refractivity contribution in [3.8, 4) is 0 Å². The lowest BCUT2D eigenvalue weighted by Crippen LogP contribution is -2.17. The highest BCUT2D eigenvalue weighted by Gasteiger charge is 2.07. The van der Waals surface area contributed by atoms with Gasteiger partial charge in [0.05, 0.1) is 6.54 Å². The summed E-state index contributed by atoms with van der Waals surface area (Å²) in [4.78, 5) is 11.7. The minimum Gasteiger partial charge on any atom is -0.299 e. The van der Waals surface area contributed by atoms with Crippen LogP contribution in [0.1, 0.15) is 11.3 Å². The third-order valence-corrected chi connectivity index (χ3v) is 3.50. The molecule has 2 aromatic rings. The molecule has 0 spiro atoms. The number of hydrogen-bond acceptors (Lipinski definition) is 1. The number of halogens is 2. The van der Waals surface area contributed by atoms with Gasteiger partial charge in [0.1, 0.15) is 4.47 Å². The molecule has 0 saturated heterocycles. The summed E-state index contributed by atoms with van der Waals surface area (Å²) in [6.45, 7) is 2.37. The second-order valence-electron chi connectivity index (χ2n) is 3.57. The molecule has 0 radical (unpaired) electrons. The summed E-state index contributed by atoms with van der Waals surface area (Å²) in [5.41, 5.74) is 1.81. The Balaban J connectivity index is 2.30. The lowest BCUT2D eigenvalue weighted by Gasteiger charge is -2.02. The Hall–Kier alpha value is -1.00. The maximum Gasteiger partial charge on any atom is 0.281 e. The lowest BCUT2D eigenvalue weighted by molar-refractivity contribution is 0.657. The number of benzene rings is 1. The molecule has 0 aliphatic heterocycles. The van der Waals surface area contributed by atoms with Crippen molar-refractivity contribution in [3.05, 3.63) is 55.4 Å². The van der Waals surface area contributed by atoms with Gasteiger partial charge in [-0.3, -0.25) is 9.89 Å². The molecule has 0 unspecified atom stereocenters. The molecule has 0 saturated carbocycles. The molecule has 1 aromatic heterocycles. The number of rotatable bonds is 2. The first-order valence-electron chi connectivity index (χ1n) is 4.77. The van der Waals surface area contributed by atoms with E-state index in [0.717, 1.165) is 11.3 Å². The van der Waals surface area contributed by atoms with Crippen molar-refractivity contribution in [2.75, 3.05) is 0 Å². The standard InChI is InChI=1S/C11H10BrClN2O/c1-7-10(12)11(16)15(14-7)6-8-2-4-9(13)5-3-8/h2-5,14H,6H2,1H3. The first kappa shape index (κ1) is 11.5. The van der Waals surface area contributed by atoms with Crippen LogP contribution in [0.5, 0.6) is 0 Å². The van der Waals surface area contributed by atoms with Crippen LogP contribution in [0.2, 0.25) is 5.02 Å². The quantitative estimate of drug-likeness (QED) is 0.910. The maximum atomic E-state index is 11.7. The fourth-order valence-corrected chi connectivity index (χ4v) is 1.89. The van der Waals surface area contributed by atoms with Gasteiger partial charge < -0.3 is 0 Å². The highest BCUT2D eigenvalue weighted by molar-refractivity contribution is 9.10. The Morgan fingerprint density at radius 2 is 2.00 bits per heavy atom. The van der Waals surface area contributed by atoms with Gasteiger partial charge in [0.25, 0.3) is 5.56 Å². The molecule has 0 fully saturated rings. The monoisotopic (exact) mass is 300 g/mol. The van der Waals surface area contributed by atoms with Gasteiger partial charge in [0.2, 0.25) is 0 Å². The zero-order valence-electron chi connectivity index (χ0n) is 8.63. The summed E-state index contributed by atoms with van der Waals surface area (Å²) in [5.74, 6) is 0. The van der Waals surface area contributed by atoms with Crippen LogP contribution in [0.25, 0.3) is 0 Å². The van der Waals surface area contributed by atoms with E-state index in [1.54, 1.807) is 4.68 Å². The van der Waals surface area contributed by atoms with E-state index in [9.17, 15) is 4.79 Å². The van der Waals surface area contributed by atoms with E-state index >= 15 is 0 Å². The topological polar surface area (TPSA) is 37.8 Å². The molecule has 0 aliphatic rings. The molecule has 0 amide bonds. The molecule has 1 aromatic carbocycles. The van der Waals surface area contributed by atoms with Gasteiger partial charge in [-0.2, -0.15) is 0 Å². The average molecular weight is 302 g/mol. The number of aryl methyl sites for hydroxylation is 1. The zero-order chi connectivity index (χ0) is 11.7. The van der Waals surface area contributed by atoms with E-state index in [0.29, 0.717) is 16.0 Å². The molecule has 0 bridgehead atoms. The summed E-state index contributed by atoms with van der Waals surface area (Å²) >= 11 is 9.03. The van der Waals surface area contributed by atoms with Crippen molar-refractivity contribution >= 4 is 27.5 Å². The zero-order valence-corrected chi connectivity index (χ0v) is 11.0. The summed E-state index contributed by atoms with van der Waals surface area (Å²) in [6.07, 6.45) is 0. The molecule has 16 heavy (non-hydrogen) atoms. The van der Waals surface area contributed by atoms with E-state index < -0.39 is 0 Å². The molecular formula is C11H10BrClN2O. The fourth-order valence-electron chi connectivity index (χ4n) is 1.46. The number of nitrogens with one attached hydrogen (secondary N) is 1.